The van der Waals surface area contributed by atoms with Crippen LogP contribution in [0.3, 0.4) is 0 Å². The lowest BCUT2D eigenvalue weighted by Gasteiger charge is -2.18. The molecule has 1 fully saturated rings. The fraction of sp³-hybridized carbons (Fsp3) is 0.562. The molecule has 0 aliphatic carbocycles. The van der Waals surface area contributed by atoms with Crippen molar-refractivity contribution in [2.45, 2.75) is 37.8 Å². The number of hydrogen-bond acceptors (Lipinski definition) is 5. The summed E-state index contributed by atoms with van der Waals surface area (Å²) in [7, 11) is 0. The van der Waals surface area contributed by atoms with Gasteiger partial charge in [0.1, 0.15) is 0 Å². The van der Waals surface area contributed by atoms with Crippen LogP contribution >= 0.6 is 36.6 Å². The summed E-state index contributed by atoms with van der Waals surface area (Å²) in [5.41, 5.74) is 0.809. The second kappa shape index (κ2) is 10.9. The summed E-state index contributed by atoms with van der Waals surface area (Å²) in [5, 5.41) is 15.0. The predicted molar refractivity (Wildman–Crippen MR) is 107 cm³/mol. The zero-order valence-electron chi connectivity index (χ0n) is 14.2. The second-order valence-corrected chi connectivity index (χ2v) is 6.87. The normalized spacial score (nSPS) is 17.6. The number of aromatic nitrogens is 3. The van der Waals surface area contributed by atoms with E-state index in [9.17, 15) is 4.79 Å². The van der Waals surface area contributed by atoms with Gasteiger partial charge in [-0.1, -0.05) is 6.07 Å². The zero-order chi connectivity index (χ0) is 16.1. The summed E-state index contributed by atoms with van der Waals surface area (Å²) in [5.74, 6) is 1.86. The molecule has 2 atom stereocenters. The largest absolute Gasteiger partial charge is 0.346 e. The second-order valence-electron chi connectivity index (χ2n) is 5.89. The number of carbonyl (C=O) groups excluding carboxylic acids is 1. The highest BCUT2D eigenvalue weighted by Crippen LogP contribution is 2.19. The Kier molecular flexibility index (Phi) is 9.56. The molecule has 3 heterocycles. The van der Waals surface area contributed by atoms with E-state index in [-0.39, 0.29) is 36.8 Å². The van der Waals surface area contributed by atoms with Crippen LogP contribution in [0, 0.1) is 0 Å². The molecule has 1 saturated heterocycles. The molecule has 2 aromatic rings. The maximum Gasteiger partial charge on any atom is 0.222 e. The Labute approximate surface area is 164 Å². The Morgan fingerprint density at radius 2 is 2.28 bits per heavy atom. The van der Waals surface area contributed by atoms with E-state index >= 15 is 0 Å². The van der Waals surface area contributed by atoms with E-state index in [1.54, 1.807) is 11.8 Å². The van der Waals surface area contributed by atoms with E-state index in [0.717, 1.165) is 43.0 Å². The molecule has 140 valence electrons. The van der Waals surface area contributed by atoms with Crippen LogP contribution in [-0.2, 0) is 4.79 Å². The molecule has 6 nitrogen and oxygen atoms in total. The van der Waals surface area contributed by atoms with Crippen LogP contribution in [0.1, 0.15) is 37.5 Å². The number of nitrogens with zero attached hydrogens (tertiary/aromatic N) is 3. The average molecular weight is 406 g/mol. The lowest BCUT2D eigenvalue weighted by molar-refractivity contribution is -0.122. The van der Waals surface area contributed by atoms with Crippen LogP contribution in [0.4, 0.5) is 0 Å². The van der Waals surface area contributed by atoms with Crippen molar-refractivity contribution in [1.29, 1.82) is 0 Å². The van der Waals surface area contributed by atoms with Crippen LogP contribution < -0.4 is 10.6 Å². The van der Waals surface area contributed by atoms with Crippen molar-refractivity contribution < 1.29 is 4.79 Å². The molecule has 25 heavy (non-hydrogen) atoms. The van der Waals surface area contributed by atoms with E-state index in [1.807, 2.05) is 28.8 Å². The number of amides is 1. The van der Waals surface area contributed by atoms with Gasteiger partial charge in [-0.3, -0.25) is 9.20 Å². The molecule has 0 radical (unpaired) electrons. The minimum absolute atomic E-state index is 0. The summed E-state index contributed by atoms with van der Waals surface area (Å²) in [6.45, 7) is 1.02. The number of halogens is 2. The molecule has 2 unspecified atom stereocenters. The van der Waals surface area contributed by atoms with Gasteiger partial charge in [0.05, 0.1) is 6.04 Å². The molecule has 0 aromatic carbocycles. The molecule has 9 heteroatoms. The van der Waals surface area contributed by atoms with Crippen LogP contribution in [0.2, 0.25) is 0 Å². The molecule has 0 bridgehead atoms. The molecular weight excluding hydrogens is 381 g/mol. The van der Waals surface area contributed by atoms with Gasteiger partial charge in [0, 0.05) is 18.7 Å². The topological polar surface area (TPSA) is 71.3 Å². The van der Waals surface area contributed by atoms with Gasteiger partial charge in [-0.25, -0.2) is 0 Å². The highest BCUT2D eigenvalue weighted by Gasteiger charge is 2.23. The Bertz CT molecular complexity index is 663. The van der Waals surface area contributed by atoms with Gasteiger partial charge in [0.15, 0.2) is 11.5 Å². The quantitative estimate of drug-likeness (QED) is 0.740. The van der Waals surface area contributed by atoms with Crippen LogP contribution in [0.5, 0.6) is 0 Å². The van der Waals surface area contributed by atoms with Crippen molar-refractivity contribution >= 4 is 48.1 Å². The third-order valence-corrected chi connectivity index (χ3v) is 4.84. The number of carbonyl (C=O) groups is 1. The molecule has 1 amide bonds. The summed E-state index contributed by atoms with van der Waals surface area (Å²) in [6, 6.07) is 6.03. The van der Waals surface area contributed by atoms with E-state index in [0.29, 0.717) is 12.5 Å². The molecular formula is C16H25Cl2N5OS. The van der Waals surface area contributed by atoms with E-state index in [4.69, 9.17) is 0 Å². The zero-order valence-corrected chi connectivity index (χ0v) is 16.6. The highest BCUT2D eigenvalue weighted by atomic mass is 35.5. The number of thioether (sulfide) groups is 1. The molecule has 2 N–H and O–H groups in total. The number of pyridine rings is 1. The summed E-state index contributed by atoms with van der Waals surface area (Å²) in [4.78, 5) is 12.4. The minimum Gasteiger partial charge on any atom is -0.346 e. The van der Waals surface area contributed by atoms with E-state index in [1.165, 1.54) is 0 Å². The standard InChI is InChI=1S/C16H23N5OS.2ClH/c1-23-10-7-13(18-15(22)11-12-5-4-8-17-12)16-20-19-14-6-2-3-9-21(14)16;;/h2-3,6,9,12-13,17H,4-5,7-8,10-11H2,1H3,(H,18,22);2*1H. The van der Waals surface area contributed by atoms with Crippen molar-refractivity contribution in [3.63, 3.8) is 0 Å². The highest BCUT2D eigenvalue weighted by molar-refractivity contribution is 7.98. The van der Waals surface area contributed by atoms with Gasteiger partial charge in [0.25, 0.3) is 0 Å². The number of fused-ring (bicyclic) bond motifs is 1. The van der Waals surface area contributed by atoms with E-state index in [2.05, 4.69) is 27.1 Å². The average Bonchev–Trinajstić information content (AvgIpc) is 3.20. The number of nitrogens with one attached hydrogen (secondary N) is 2. The third-order valence-electron chi connectivity index (χ3n) is 4.19. The smallest absolute Gasteiger partial charge is 0.222 e. The fourth-order valence-corrected chi connectivity index (χ4v) is 3.48. The Morgan fingerprint density at radius 1 is 1.44 bits per heavy atom. The van der Waals surface area contributed by atoms with E-state index < -0.39 is 0 Å². The Balaban J connectivity index is 0.00000156. The Hall–Kier alpha value is -1.02. The van der Waals surface area contributed by atoms with Crippen molar-refractivity contribution in [3.05, 3.63) is 30.2 Å². The molecule has 3 rings (SSSR count). The molecule has 1 aliphatic heterocycles. The first-order valence-electron chi connectivity index (χ1n) is 8.09. The molecule has 0 spiro atoms. The minimum atomic E-state index is -0.103. The summed E-state index contributed by atoms with van der Waals surface area (Å²) < 4.78 is 1.96. The Morgan fingerprint density at radius 3 is 3.00 bits per heavy atom. The van der Waals surface area contributed by atoms with Crippen LogP contribution in [-0.4, -0.2) is 45.1 Å². The van der Waals surface area contributed by atoms with Crippen molar-refractivity contribution in [2.75, 3.05) is 18.6 Å². The van der Waals surface area contributed by atoms with Gasteiger partial charge in [-0.2, -0.15) is 11.8 Å². The van der Waals surface area contributed by atoms with Gasteiger partial charge in [-0.15, -0.1) is 35.0 Å². The van der Waals surface area contributed by atoms with Crippen molar-refractivity contribution in [2.24, 2.45) is 0 Å². The van der Waals surface area contributed by atoms with Crippen LogP contribution in [0.25, 0.3) is 5.65 Å². The summed E-state index contributed by atoms with van der Waals surface area (Å²) in [6.07, 6.45) is 7.64. The molecule has 1 aliphatic rings. The van der Waals surface area contributed by atoms with Crippen LogP contribution in [0.15, 0.2) is 24.4 Å². The maximum absolute atomic E-state index is 12.4. The van der Waals surface area contributed by atoms with Crippen molar-refractivity contribution in [3.8, 4) is 0 Å². The van der Waals surface area contributed by atoms with Gasteiger partial charge >= 0.3 is 0 Å². The first-order valence-corrected chi connectivity index (χ1v) is 9.48. The van der Waals surface area contributed by atoms with Gasteiger partial charge in [0.2, 0.25) is 5.91 Å². The van der Waals surface area contributed by atoms with Gasteiger partial charge < -0.3 is 10.6 Å². The van der Waals surface area contributed by atoms with Crippen molar-refractivity contribution in [1.82, 2.24) is 25.2 Å². The molecule has 0 saturated carbocycles. The van der Waals surface area contributed by atoms with Gasteiger partial charge in [-0.05, 0) is 49.9 Å². The number of hydrogen-bond donors (Lipinski definition) is 2. The fourth-order valence-electron chi connectivity index (χ4n) is 3.01. The predicted octanol–water partition coefficient (Wildman–Crippen LogP) is 2.63. The SMILES string of the molecule is CSCCC(NC(=O)CC1CCCN1)c1nnc2ccccn12.Cl.Cl. The molecule has 2 aromatic heterocycles. The summed E-state index contributed by atoms with van der Waals surface area (Å²) >= 11 is 1.77. The maximum atomic E-state index is 12.4. The lowest BCUT2D eigenvalue weighted by Crippen LogP contribution is -2.35. The first-order chi connectivity index (χ1) is 11.3. The third kappa shape index (κ3) is 5.74. The number of rotatable bonds is 7. The first kappa shape index (κ1) is 22.0. The lowest BCUT2D eigenvalue weighted by atomic mass is 10.1. The monoisotopic (exact) mass is 405 g/mol.